The second-order valence-electron chi connectivity index (χ2n) is 6.57. The second-order valence-corrected chi connectivity index (χ2v) is 6.57. The Hall–Kier alpha value is -0.610. The van der Waals surface area contributed by atoms with Gasteiger partial charge in [0.25, 0.3) is 0 Å². The Morgan fingerprint density at radius 1 is 1.40 bits per heavy atom. The number of nitrogens with one attached hydrogen (secondary N) is 1. The number of likely N-dealkylation sites (tertiary alicyclic amines) is 1. The molecule has 0 spiro atoms. The molecule has 0 bridgehead atoms. The molecule has 1 heterocycles. The van der Waals surface area contributed by atoms with E-state index in [9.17, 15) is 4.79 Å². The minimum atomic E-state index is -0.579. The van der Waals surface area contributed by atoms with E-state index in [1.165, 1.54) is 26.4 Å². The summed E-state index contributed by atoms with van der Waals surface area (Å²) in [5.74, 6) is 0.738. The summed E-state index contributed by atoms with van der Waals surface area (Å²) in [6, 6.07) is 0.268. The summed E-state index contributed by atoms with van der Waals surface area (Å²) in [5, 5.41) is 3.37. The molecule has 0 amide bonds. The summed E-state index contributed by atoms with van der Waals surface area (Å²) in [5.41, 5.74) is -0.579. The number of esters is 1. The summed E-state index contributed by atoms with van der Waals surface area (Å²) in [4.78, 5) is 14.5. The van der Waals surface area contributed by atoms with Crippen molar-refractivity contribution < 1.29 is 9.53 Å². The summed E-state index contributed by atoms with van der Waals surface area (Å²) in [6.45, 7) is 11.7. The van der Waals surface area contributed by atoms with Gasteiger partial charge in [0.2, 0.25) is 0 Å². The van der Waals surface area contributed by atoms with Gasteiger partial charge in [0.15, 0.2) is 0 Å². The van der Waals surface area contributed by atoms with Crippen LogP contribution >= 0.6 is 0 Å². The normalized spacial score (nSPS) is 20.9. The number of nitrogens with zero attached hydrogens (tertiary/aromatic N) is 1. The van der Waals surface area contributed by atoms with Crippen LogP contribution in [0.2, 0.25) is 0 Å². The number of carbonyl (C=O) groups excluding carboxylic acids is 1. The van der Waals surface area contributed by atoms with E-state index in [1.54, 1.807) is 0 Å². The van der Waals surface area contributed by atoms with E-state index in [2.05, 4.69) is 31.0 Å². The first-order valence-electron chi connectivity index (χ1n) is 7.99. The molecule has 1 N–H and O–H groups in total. The highest BCUT2D eigenvalue weighted by molar-refractivity contribution is 5.80. The molecule has 4 nitrogen and oxygen atoms in total. The summed E-state index contributed by atoms with van der Waals surface area (Å²) < 4.78 is 4.97. The van der Waals surface area contributed by atoms with Crippen molar-refractivity contribution in [3.05, 3.63) is 0 Å². The molecule has 1 aliphatic heterocycles. The lowest BCUT2D eigenvalue weighted by Gasteiger charge is -2.35. The Morgan fingerprint density at radius 3 is 2.45 bits per heavy atom. The molecule has 1 fully saturated rings. The molecule has 4 heteroatoms. The average molecular weight is 284 g/mol. The van der Waals surface area contributed by atoms with Crippen molar-refractivity contribution in [1.29, 1.82) is 0 Å². The van der Waals surface area contributed by atoms with Crippen molar-refractivity contribution in [2.24, 2.45) is 5.92 Å². The number of ether oxygens (including phenoxy) is 1. The first-order chi connectivity index (χ1) is 9.41. The molecular formula is C16H32N2O2. The standard InChI is InChI=1S/C16H32N2O2/c1-6-14-7-10-18(11-8-14)12-9-16(4,15(19)20-5)17-13(2)3/h13-14,17H,6-12H2,1-5H3. The van der Waals surface area contributed by atoms with Gasteiger partial charge in [-0.15, -0.1) is 0 Å². The third-order valence-corrected chi connectivity index (χ3v) is 4.46. The van der Waals surface area contributed by atoms with Crippen LogP contribution in [-0.2, 0) is 9.53 Å². The fourth-order valence-corrected chi connectivity index (χ4v) is 3.10. The number of piperidine rings is 1. The lowest BCUT2D eigenvalue weighted by Crippen LogP contribution is -2.54. The zero-order chi connectivity index (χ0) is 15.2. The molecule has 0 radical (unpaired) electrons. The van der Waals surface area contributed by atoms with Gasteiger partial charge < -0.3 is 9.64 Å². The zero-order valence-corrected chi connectivity index (χ0v) is 13.9. The molecule has 0 aromatic carbocycles. The Bertz CT molecular complexity index is 299. The van der Waals surface area contributed by atoms with E-state index < -0.39 is 5.54 Å². The third-order valence-electron chi connectivity index (χ3n) is 4.46. The van der Waals surface area contributed by atoms with Gasteiger partial charge in [-0.05, 0) is 59.0 Å². The van der Waals surface area contributed by atoms with E-state index in [-0.39, 0.29) is 12.0 Å². The molecule has 0 saturated carbocycles. The van der Waals surface area contributed by atoms with Gasteiger partial charge in [-0.25, -0.2) is 0 Å². The molecule has 1 unspecified atom stereocenters. The molecule has 1 atom stereocenters. The summed E-state index contributed by atoms with van der Waals surface area (Å²) in [7, 11) is 1.47. The van der Waals surface area contributed by atoms with E-state index >= 15 is 0 Å². The highest BCUT2D eigenvalue weighted by Gasteiger charge is 2.35. The predicted molar refractivity (Wildman–Crippen MR) is 82.8 cm³/mol. The van der Waals surface area contributed by atoms with E-state index in [4.69, 9.17) is 4.74 Å². The second kappa shape index (κ2) is 7.99. The molecule has 1 aliphatic rings. The first kappa shape index (κ1) is 17.4. The lowest BCUT2D eigenvalue weighted by molar-refractivity contribution is -0.148. The van der Waals surface area contributed by atoms with Crippen molar-refractivity contribution in [1.82, 2.24) is 10.2 Å². The minimum absolute atomic E-state index is 0.158. The minimum Gasteiger partial charge on any atom is -0.468 e. The molecular weight excluding hydrogens is 252 g/mol. The Balaban J connectivity index is 2.48. The third kappa shape index (κ3) is 5.06. The van der Waals surface area contributed by atoms with Crippen LogP contribution in [0.3, 0.4) is 0 Å². The Morgan fingerprint density at radius 2 is 2.00 bits per heavy atom. The maximum absolute atomic E-state index is 12.0. The monoisotopic (exact) mass is 284 g/mol. The smallest absolute Gasteiger partial charge is 0.325 e. The average Bonchev–Trinajstić information content (AvgIpc) is 2.44. The number of hydrogen-bond donors (Lipinski definition) is 1. The van der Waals surface area contributed by atoms with E-state index in [0.29, 0.717) is 0 Å². The van der Waals surface area contributed by atoms with Crippen LogP contribution in [0.25, 0.3) is 0 Å². The van der Waals surface area contributed by atoms with Crippen LogP contribution in [0, 0.1) is 5.92 Å². The van der Waals surface area contributed by atoms with E-state index in [0.717, 1.165) is 32.0 Å². The predicted octanol–water partition coefficient (Wildman–Crippen LogP) is 2.43. The zero-order valence-electron chi connectivity index (χ0n) is 13.9. The van der Waals surface area contributed by atoms with Crippen LogP contribution in [-0.4, -0.2) is 49.2 Å². The first-order valence-corrected chi connectivity index (χ1v) is 7.99. The quantitative estimate of drug-likeness (QED) is 0.729. The number of rotatable bonds is 7. The van der Waals surface area contributed by atoms with Gasteiger partial charge in [-0.2, -0.15) is 0 Å². The Labute approximate surface area is 124 Å². The van der Waals surface area contributed by atoms with Gasteiger partial charge in [0.1, 0.15) is 5.54 Å². The fraction of sp³-hybridized carbons (Fsp3) is 0.938. The van der Waals surface area contributed by atoms with Gasteiger partial charge >= 0.3 is 5.97 Å². The van der Waals surface area contributed by atoms with Crippen LogP contribution in [0.4, 0.5) is 0 Å². The molecule has 0 aliphatic carbocycles. The van der Waals surface area contributed by atoms with Crippen molar-refractivity contribution in [2.75, 3.05) is 26.7 Å². The molecule has 1 saturated heterocycles. The number of methoxy groups -OCH3 is 1. The number of hydrogen-bond acceptors (Lipinski definition) is 4. The van der Waals surface area contributed by atoms with Crippen LogP contribution in [0.15, 0.2) is 0 Å². The van der Waals surface area contributed by atoms with Gasteiger partial charge in [0.05, 0.1) is 7.11 Å². The SMILES string of the molecule is CCC1CCN(CCC(C)(NC(C)C)C(=O)OC)CC1. The molecule has 1 rings (SSSR count). The molecule has 0 aromatic rings. The van der Waals surface area contributed by atoms with Gasteiger partial charge in [-0.3, -0.25) is 10.1 Å². The molecule has 0 aromatic heterocycles. The Kier molecular flexibility index (Phi) is 6.96. The van der Waals surface area contributed by atoms with Crippen molar-refractivity contribution in [2.45, 2.75) is 65.0 Å². The topological polar surface area (TPSA) is 41.6 Å². The lowest BCUT2D eigenvalue weighted by atomic mass is 9.92. The van der Waals surface area contributed by atoms with Gasteiger partial charge in [-0.1, -0.05) is 13.3 Å². The summed E-state index contributed by atoms with van der Waals surface area (Å²) in [6.07, 6.45) is 4.68. The molecule has 118 valence electrons. The van der Waals surface area contributed by atoms with Crippen LogP contribution in [0.1, 0.15) is 53.4 Å². The van der Waals surface area contributed by atoms with E-state index in [1.807, 2.05) is 6.92 Å². The van der Waals surface area contributed by atoms with Crippen LogP contribution < -0.4 is 5.32 Å². The maximum atomic E-state index is 12.0. The van der Waals surface area contributed by atoms with Crippen LogP contribution in [0.5, 0.6) is 0 Å². The fourth-order valence-electron chi connectivity index (χ4n) is 3.10. The number of carbonyl (C=O) groups is 1. The summed E-state index contributed by atoms with van der Waals surface area (Å²) >= 11 is 0. The molecule has 20 heavy (non-hydrogen) atoms. The largest absolute Gasteiger partial charge is 0.468 e. The maximum Gasteiger partial charge on any atom is 0.325 e. The van der Waals surface area contributed by atoms with Crippen molar-refractivity contribution in [3.8, 4) is 0 Å². The van der Waals surface area contributed by atoms with Crippen molar-refractivity contribution in [3.63, 3.8) is 0 Å². The van der Waals surface area contributed by atoms with Gasteiger partial charge in [0, 0.05) is 12.6 Å². The highest BCUT2D eigenvalue weighted by Crippen LogP contribution is 2.21. The van der Waals surface area contributed by atoms with Crippen molar-refractivity contribution >= 4 is 5.97 Å². The highest BCUT2D eigenvalue weighted by atomic mass is 16.5.